The Morgan fingerprint density at radius 3 is 2.54 bits per heavy atom. The van der Waals surface area contributed by atoms with Crippen molar-refractivity contribution in [3.8, 4) is 6.19 Å². The normalized spacial score (nSPS) is 21.9. The second kappa shape index (κ2) is 6.43. The van der Waals surface area contributed by atoms with Crippen molar-refractivity contribution in [1.29, 1.82) is 5.26 Å². The Balaban J connectivity index is 1.37. The van der Waals surface area contributed by atoms with Crippen molar-refractivity contribution in [2.24, 2.45) is 0 Å². The third-order valence-electron chi connectivity index (χ3n) is 4.83. The lowest BCUT2D eigenvalue weighted by Crippen LogP contribution is -2.34. The lowest BCUT2D eigenvalue weighted by Gasteiger charge is -2.30. The van der Waals surface area contributed by atoms with E-state index in [1.807, 2.05) is 6.07 Å². The number of hydrogen-bond donors (Lipinski definition) is 0. The molecular weight excluding hydrogens is 306 g/mol. The zero-order chi connectivity index (χ0) is 16.4. The molecule has 0 bridgehead atoms. The molecule has 2 fully saturated rings. The Labute approximate surface area is 140 Å². The Hall–Kier alpha value is -2.69. The van der Waals surface area contributed by atoms with Crippen molar-refractivity contribution in [2.75, 3.05) is 31.1 Å². The molecule has 8 heteroatoms. The highest BCUT2D eigenvalue weighted by Crippen LogP contribution is 2.30. The van der Waals surface area contributed by atoms with Crippen molar-refractivity contribution in [3.05, 3.63) is 30.2 Å². The van der Waals surface area contributed by atoms with Gasteiger partial charge in [-0.2, -0.15) is 10.2 Å². The maximum Gasteiger partial charge on any atom is 0.229 e. The van der Waals surface area contributed by atoms with E-state index < -0.39 is 0 Å². The molecule has 124 valence electrons. The van der Waals surface area contributed by atoms with Crippen LogP contribution in [-0.4, -0.2) is 51.2 Å². The van der Waals surface area contributed by atoms with Crippen LogP contribution in [0.15, 0.2) is 23.0 Å². The lowest BCUT2D eigenvalue weighted by atomic mass is 9.97. The van der Waals surface area contributed by atoms with Crippen LogP contribution in [0.4, 0.5) is 5.95 Å². The molecular formula is C16H19N7O. The number of hydrogen-bond acceptors (Lipinski definition) is 8. The summed E-state index contributed by atoms with van der Waals surface area (Å²) in [5.41, 5.74) is 0. The molecule has 0 amide bonds. The summed E-state index contributed by atoms with van der Waals surface area (Å²) in [5, 5.41) is 13.1. The van der Waals surface area contributed by atoms with Crippen molar-refractivity contribution in [2.45, 2.75) is 31.1 Å². The van der Waals surface area contributed by atoms with Crippen molar-refractivity contribution >= 4 is 5.95 Å². The van der Waals surface area contributed by atoms with Crippen molar-refractivity contribution in [3.63, 3.8) is 0 Å². The molecule has 0 spiro atoms. The van der Waals surface area contributed by atoms with Gasteiger partial charge >= 0.3 is 0 Å². The van der Waals surface area contributed by atoms with Crippen LogP contribution in [0.25, 0.3) is 0 Å². The van der Waals surface area contributed by atoms with E-state index in [0.29, 0.717) is 12.5 Å². The van der Waals surface area contributed by atoms with Gasteiger partial charge in [-0.25, -0.2) is 9.97 Å². The van der Waals surface area contributed by atoms with Crippen LogP contribution in [0.5, 0.6) is 0 Å². The molecule has 4 rings (SSSR count). The van der Waals surface area contributed by atoms with Gasteiger partial charge in [0.05, 0.1) is 0 Å². The number of anilines is 1. The SMILES string of the molecule is N#CN1CCC(c2noc(C3CCN(c4ncccn4)CC3)n2)C1. The van der Waals surface area contributed by atoms with Gasteiger partial charge < -0.3 is 14.3 Å². The highest BCUT2D eigenvalue weighted by Gasteiger charge is 2.30. The molecule has 1 unspecified atom stereocenters. The predicted octanol–water partition coefficient (Wildman–Crippen LogP) is 1.51. The number of rotatable bonds is 3. The van der Waals surface area contributed by atoms with Gasteiger partial charge in [-0.1, -0.05) is 5.16 Å². The first kappa shape index (κ1) is 14.9. The minimum atomic E-state index is 0.208. The number of aromatic nitrogens is 4. The molecule has 0 radical (unpaired) electrons. The Morgan fingerprint density at radius 1 is 1.08 bits per heavy atom. The first-order chi connectivity index (χ1) is 11.8. The number of likely N-dealkylation sites (tertiary alicyclic amines) is 1. The van der Waals surface area contributed by atoms with Crippen LogP contribution < -0.4 is 4.90 Å². The summed E-state index contributed by atoms with van der Waals surface area (Å²) >= 11 is 0. The molecule has 0 N–H and O–H groups in total. The van der Waals surface area contributed by atoms with E-state index in [1.165, 1.54) is 0 Å². The minimum absolute atomic E-state index is 0.208. The van der Waals surface area contributed by atoms with E-state index in [4.69, 9.17) is 9.78 Å². The first-order valence-electron chi connectivity index (χ1n) is 8.33. The molecule has 2 aliphatic heterocycles. The fourth-order valence-electron chi connectivity index (χ4n) is 3.42. The standard InChI is InChI=1S/C16H19N7O/c17-11-22-7-2-13(10-22)14-20-15(24-21-14)12-3-8-23(9-4-12)16-18-5-1-6-19-16/h1,5-6,12-13H,2-4,7-10H2. The summed E-state index contributed by atoms with van der Waals surface area (Å²) in [6.07, 6.45) is 8.54. The first-order valence-corrected chi connectivity index (χ1v) is 8.33. The van der Waals surface area contributed by atoms with Gasteiger partial charge in [0.25, 0.3) is 0 Å². The summed E-state index contributed by atoms with van der Waals surface area (Å²) in [6, 6.07) is 1.83. The van der Waals surface area contributed by atoms with E-state index in [-0.39, 0.29) is 5.92 Å². The van der Waals surface area contributed by atoms with Gasteiger partial charge in [0.1, 0.15) is 0 Å². The maximum atomic E-state index is 8.96. The van der Waals surface area contributed by atoms with Crippen LogP contribution in [0, 0.1) is 11.5 Å². The summed E-state index contributed by atoms with van der Waals surface area (Å²) < 4.78 is 5.51. The summed E-state index contributed by atoms with van der Waals surface area (Å²) in [4.78, 5) is 17.2. The number of piperidine rings is 1. The molecule has 2 aromatic heterocycles. The van der Waals surface area contributed by atoms with Crippen LogP contribution in [0.2, 0.25) is 0 Å². The number of nitrogens with zero attached hydrogens (tertiary/aromatic N) is 7. The van der Waals surface area contributed by atoms with Crippen molar-refractivity contribution < 1.29 is 4.52 Å². The van der Waals surface area contributed by atoms with E-state index in [9.17, 15) is 0 Å². The van der Waals surface area contributed by atoms with E-state index >= 15 is 0 Å². The van der Waals surface area contributed by atoms with Crippen LogP contribution in [0.3, 0.4) is 0 Å². The van der Waals surface area contributed by atoms with Crippen LogP contribution in [-0.2, 0) is 0 Å². The fourth-order valence-corrected chi connectivity index (χ4v) is 3.42. The molecule has 0 aromatic carbocycles. The van der Waals surface area contributed by atoms with Crippen LogP contribution >= 0.6 is 0 Å². The smallest absolute Gasteiger partial charge is 0.229 e. The molecule has 8 nitrogen and oxygen atoms in total. The van der Waals surface area contributed by atoms with Gasteiger partial charge in [-0.15, -0.1) is 0 Å². The molecule has 2 aliphatic rings. The molecule has 4 heterocycles. The Kier molecular flexibility index (Phi) is 3.99. The van der Waals surface area contributed by atoms with E-state index in [0.717, 1.165) is 56.6 Å². The Morgan fingerprint density at radius 2 is 1.83 bits per heavy atom. The quantitative estimate of drug-likeness (QED) is 0.784. The monoisotopic (exact) mass is 325 g/mol. The number of nitriles is 1. The minimum Gasteiger partial charge on any atom is -0.341 e. The Bertz CT molecular complexity index is 718. The summed E-state index contributed by atoms with van der Waals surface area (Å²) in [7, 11) is 0. The second-order valence-electron chi connectivity index (χ2n) is 6.33. The van der Waals surface area contributed by atoms with Gasteiger partial charge in [-0.3, -0.25) is 0 Å². The van der Waals surface area contributed by atoms with Gasteiger partial charge in [0.2, 0.25) is 11.8 Å². The van der Waals surface area contributed by atoms with Crippen LogP contribution in [0.1, 0.15) is 42.8 Å². The molecule has 1 atom stereocenters. The van der Waals surface area contributed by atoms with Gasteiger partial charge in [-0.05, 0) is 25.3 Å². The fraction of sp³-hybridized carbons (Fsp3) is 0.562. The zero-order valence-electron chi connectivity index (χ0n) is 13.4. The van der Waals surface area contributed by atoms with E-state index in [1.54, 1.807) is 17.3 Å². The average molecular weight is 325 g/mol. The summed E-state index contributed by atoms with van der Waals surface area (Å²) in [6.45, 7) is 3.25. The molecule has 0 saturated carbocycles. The third-order valence-corrected chi connectivity index (χ3v) is 4.83. The predicted molar refractivity (Wildman–Crippen MR) is 85.1 cm³/mol. The average Bonchev–Trinajstić information content (AvgIpc) is 3.32. The summed E-state index contributed by atoms with van der Waals surface area (Å²) in [5.74, 6) is 2.76. The maximum absolute atomic E-state index is 8.96. The largest absolute Gasteiger partial charge is 0.341 e. The molecule has 0 aliphatic carbocycles. The topological polar surface area (TPSA) is 95.0 Å². The van der Waals surface area contributed by atoms with Gasteiger partial charge in [0, 0.05) is 50.4 Å². The lowest BCUT2D eigenvalue weighted by molar-refractivity contribution is 0.324. The third kappa shape index (κ3) is 2.89. The highest BCUT2D eigenvalue weighted by molar-refractivity contribution is 5.29. The van der Waals surface area contributed by atoms with Crippen molar-refractivity contribution in [1.82, 2.24) is 25.0 Å². The highest BCUT2D eigenvalue weighted by atomic mass is 16.5. The molecule has 24 heavy (non-hydrogen) atoms. The molecule has 2 saturated heterocycles. The van der Waals surface area contributed by atoms with Gasteiger partial charge in [0.15, 0.2) is 12.0 Å². The molecule has 2 aromatic rings. The van der Waals surface area contributed by atoms with E-state index in [2.05, 4.69) is 31.2 Å². The second-order valence-corrected chi connectivity index (χ2v) is 6.33. The zero-order valence-corrected chi connectivity index (χ0v) is 13.4.